The third-order valence-corrected chi connectivity index (χ3v) is 4.80. The Bertz CT molecular complexity index is 1190. The van der Waals surface area contributed by atoms with Gasteiger partial charge < -0.3 is 36.7 Å². The Hall–Kier alpha value is -0.917. The zero-order chi connectivity index (χ0) is 22.5. The van der Waals surface area contributed by atoms with Gasteiger partial charge in [-0.3, -0.25) is 14.4 Å². The van der Waals surface area contributed by atoms with E-state index >= 15 is 0 Å². The van der Waals surface area contributed by atoms with Crippen LogP contribution in [0.4, 0.5) is 5.95 Å². The standard InChI is InChI=1S/C20H21N5O6.2K.H2O.2H/c21-20-24-16-15(18(29)25-20)12(9-22-16)6-3-10-1-4-11(5-2-10)17(28)23-13(19(30)31)7-8-14(26)27;;;;;/h1-2,4-5,9,13H,3,6-8H2,(H,23,28)(H,26,27)(H,30,31)(H4,21,22,24,25,29);;;1H2;;/t13-;;;;;/m0...../s1. The van der Waals surface area contributed by atoms with Crippen molar-refractivity contribution in [2.75, 3.05) is 5.73 Å². The Balaban J connectivity index is 0.00000363. The minimum absolute atomic E-state index is 0. The van der Waals surface area contributed by atoms with E-state index in [1.807, 2.05) is 0 Å². The Morgan fingerprint density at radius 3 is 2.32 bits per heavy atom. The zero-order valence-electron chi connectivity index (χ0n) is 16.8. The summed E-state index contributed by atoms with van der Waals surface area (Å²) in [5.74, 6) is -3.00. The van der Waals surface area contributed by atoms with Crippen molar-refractivity contribution in [3.05, 3.63) is 57.5 Å². The number of carbonyl (C=O) groups is 3. The molecule has 34 heavy (non-hydrogen) atoms. The molecule has 0 fully saturated rings. The van der Waals surface area contributed by atoms with Crippen molar-refractivity contribution in [2.45, 2.75) is 31.7 Å². The van der Waals surface area contributed by atoms with Crippen LogP contribution in [0.1, 0.15) is 34.3 Å². The number of aryl methyl sites for hydroxylation is 2. The van der Waals surface area contributed by atoms with E-state index in [1.165, 1.54) is 0 Å². The number of hydrogen-bond donors (Lipinski definition) is 6. The Morgan fingerprint density at radius 1 is 1.09 bits per heavy atom. The normalized spacial score (nSPS) is 10.8. The molecule has 0 radical (unpaired) electrons. The zero-order valence-corrected chi connectivity index (χ0v) is 16.8. The Morgan fingerprint density at radius 2 is 1.74 bits per heavy atom. The molecule has 0 saturated heterocycles. The summed E-state index contributed by atoms with van der Waals surface area (Å²) in [6, 6.07) is 5.30. The van der Waals surface area contributed by atoms with Crippen molar-refractivity contribution in [3.8, 4) is 0 Å². The third kappa shape index (κ3) is 8.94. The van der Waals surface area contributed by atoms with Gasteiger partial charge in [0.15, 0.2) is 0 Å². The number of nitrogens with one attached hydrogen (secondary N) is 3. The molecule has 1 atom stereocenters. The van der Waals surface area contributed by atoms with Crippen LogP contribution < -0.4 is 16.6 Å². The topological polar surface area (TPSA) is 223 Å². The number of carboxylic acid groups (broad SMARTS) is 2. The molecule has 0 aliphatic carbocycles. The summed E-state index contributed by atoms with van der Waals surface area (Å²) >= 11 is 0. The van der Waals surface area contributed by atoms with Crippen molar-refractivity contribution in [2.24, 2.45) is 0 Å². The summed E-state index contributed by atoms with van der Waals surface area (Å²) in [6.45, 7) is 0. The number of aromatic nitrogens is 3. The molecule has 0 bridgehead atoms. The Kier molecular flexibility index (Phi) is 14.8. The summed E-state index contributed by atoms with van der Waals surface area (Å²) in [5, 5.41) is 20.6. The maximum absolute atomic E-state index is 12.3. The number of rotatable bonds is 9. The molecule has 1 amide bonds. The third-order valence-electron chi connectivity index (χ3n) is 4.80. The van der Waals surface area contributed by atoms with E-state index < -0.39 is 29.4 Å². The van der Waals surface area contributed by atoms with E-state index in [0.29, 0.717) is 23.9 Å². The van der Waals surface area contributed by atoms with Crippen LogP contribution in [0.2, 0.25) is 0 Å². The molecule has 14 heteroatoms. The van der Waals surface area contributed by atoms with Crippen molar-refractivity contribution in [1.29, 1.82) is 0 Å². The Labute approximate surface area is 278 Å². The number of nitrogens with two attached hydrogens (primary N) is 1. The number of fused-ring (bicyclic) bond motifs is 1. The number of anilines is 1. The van der Waals surface area contributed by atoms with Crippen LogP contribution in [-0.4, -0.2) is 157 Å². The van der Waals surface area contributed by atoms with Crippen LogP contribution in [0.15, 0.2) is 35.3 Å². The molecule has 12 nitrogen and oxygen atoms in total. The summed E-state index contributed by atoms with van der Waals surface area (Å²) in [7, 11) is 0. The molecule has 0 aliphatic heterocycles. The molecule has 174 valence electrons. The first-order valence-corrected chi connectivity index (χ1v) is 9.44. The van der Waals surface area contributed by atoms with Crippen LogP contribution in [-0.2, 0) is 22.4 Å². The molecule has 0 unspecified atom stereocenters. The second-order valence-corrected chi connectivity index (χ2v) is 6.98. The van der Waals surface area contributed by atoms with E-state index in [2.05, 4.69) is 20.3 Å². The molecule has 0 spiro atoms. The second-order valence-electron chi connectivity index (χ2n) is 6.98. The molecular formula is C20H25K2N5O7. The molecular weight excluding hydrogens is 500 g/mol. The number of H-pyrrole nitrogens is 2. The number of benzene rings is 1. The van der Waals surface area contributed by atoms with Crippen molar-refractivity contribution in [3.63, 3.8) is 0 Å². The predicted molar refractivity (Wildman–Crippen MR) is 129 cm³/mol. The van der Waals surface area contributed by atoms with E-state index in [-0.39, 0.29) is 133 Å². The molecule has 3 rings (SSSR count). The first-order valence-electron chi connectivity index (χ1n) is 9.44. The van der Waals surface area contributed by atoms with Gasteiger partial charge in [0.25, 0.3) is 11.5 Å². The monoisotopic (exact) mass is 525 g/mol. The number of amides is 1. The van der Waals surface area contributed by atoms with Crippen LogP contribution >= 0.6 is 0 Å². The van der Waals surface area contributed by atoms with Gasteiger partial charge in [0.1, 0.15) is 11.7 Å². The first kappa shape index (κ1) is 33.1. The fraction of sp³-hybridized carbons (Fsp3) is 0.250. The summed E-state index contributed by atoms with van der Waals surface area (Å²) < 4.78 is 0. The van der Waals surface area contributed by atoms with Crippen molar-refractivity contribution >= 4 is 138 Å². The molecule has 0 saturated carbocycles. The van der Waals surface area contributed by atoms with Crippen molar-refractivity contribution < 1.29 is 30.1 Å². The van der Waals surface area contributed by atoms with Crippen LogP contribution in [0.5, 0.6) is 0 Å². The fourth-order valence-electron chi connectivity index (χ4n) is 3.19. The van der Waals surface area contributed by atoms with Gasteiger partial charge in [-0.05, 0) is 42.5 Å². The van der Waals surface area contributed by atoms with Gasteiger partial charge in [0.05, 0.1) is 5.39 Å². The number of hydrogen-bond acceptors (Lipinski definition) is 6. The minimum atomic E-state index is -1.30. The van der Waals surface area contributed by atoms with Gasteiger partial charge in [-0.25, -0.2) is 4.79 Å². The summed E-state index contributed by atoms with van der Waals surface area (Å²) in [4.78, 5) is 55.7. The number of aromatic amines is 2. The molecule has 3 aromatic rings. The van der Waals surface area contributed by atoms with E-state index in [0.717, 1.165) is 11.1 Å². The van der Waals surface area contributed by atoms with Crippen LogP contribution in [0, 0.1) is 0 Å². The quantitative estimate of drug-likeness (QED) is 0.181. The van der Waals surface area contributed by atoms with Gasteiger partial charge in [-0.15, -0.1) is 0 Å². The fourth-order valence-corrected chi connectivity index (χ4v) is 3.19. The molecule has 1 aromatic carbocycles. The SMILES string of the molecule is Nc1nc(=O)c2c(CCc3ccc(C(=O)N[C@@H](CCC(=O)O)C(=O)O)cc3)c[nH]c2[nH]1.O.[KH].[KH]. The number of carboxylic acids is 2. The van der Waals surface area contributed by atoms with E-state index in [1.54, 1.807) is 30.5 Å². The molecule has 0 aliphatic rings. The van der Waals surface area contributed by atoms with Gasteiger partial charge in [-0.2, -0.15) is 4.98 Å². The van der Waals surface area contributed by atoms with Crippen LogP contribution in [0.25, 0.3) is 11.0 Å². The molecule has 2 aromatic heterocycles. The second kappa shape index (κ2) is 15.3. The average molecular weight is 526 g/mol. The maximum atomic E-state index is 12.3. The number of aliphatic carboxylic acids is 2. The average Bonchev–Trinajstić information content (AvgIpc) is 3.12. The van der Waals surface area contributed by atoms with E-state index in [9.17, 15) is 19.2 Å². The number of nitrogens with zero attached hydrogens (tertiary/aromatic N) is 1. The number of nitrogen functional groups attached to an aromatic ring is 1. The van der Waals surface area contributed by atoms with Gasteiger partial charge in [0.2, 0.25) is 5.95 Å². The summed E-state index contributed by atoms with van der Waals surface area (Å²) in [6.07, 6.45) is 2.29. The summed E-state index contributed by atoms with van der Waals surface area (Å²) in [5.41, 5.74) is 7.59. The van der Waals surface area contributed by atoms with E-state index in [4.69, 9.17) is 15.9 Å². The van der Waals surface area contributed by atoms with Gasteiger partial charge >= 0.3 is 115 Å². The predicted octanol–water partition coefficient (Wildman–Crippen LogP) is -1.46. The molecule has 9 N–H and O–H groups in total. The van der Waals surface area contributed by atoms with Gasteiger partial charge in [0, 0.05) is 18.2 Å². The van der Waals surface area contributed by atoms with Crippen LogP contribution in [0.3, 0.4) is 0 Å². The van der Waals surface area contributed by atoms with Crippen molar-refractivity contribution in [1.82, 2.24) is 20.3 Å². The molecule has 2 heterocycles. The van der Waals surface area contributed by atoms with Gasteiger partial charge in [-0.1, -0.05) is 12.1 Å². The first-order chi connectivity index (χ1) is 14.7. The number of carbonyl (C=O) groups excluding carboxylic acids is 1.